The summed E-state index contributed by atoms with van der Waals surface area (Å²) in [4.78, 5) is 22.3. The van der Waals surface area contributed by atoms with Crippen LogP contribution in [-0.4, -0.2) is 36.9 Å². The van der Waals surface area contributed by atoms with E-state index in [2.05, 4.69) is 15.4 Å². The predicted molar refractivity (Wildman–Crippen MR) is 66.2 cm³/mol. The van der Waals surface area contributed by atoms with Crippen molar-refractivity contribution in [1.82, 2.24) is 5.32 Å². The van der Waals surface area contributed by atoms with Crippen molar-refractivity contribution in [2.75, 3.05) is 19.0 Å². The fourth-order valence-corrected chi connectivity index (χ4v) is 1.21. The molecule has 7 heteroatoms. The summed E-state index contributed by atoms with van der Waals surface area (Å²) < 4.78 is 4.30. The number of carbonyl (C=O) groups is 2. The van der Waals surface area contributed by atoms with E-state index in [-0.39, 0.29) is 6.54 Å². The lowest BCUT2D eigenvalue weighted by molar-refractivity contribution is -0.149. The molecule has 100 valence electrons. The highest BCUT2D eigenvalue weighted by Gasteiger charge is 2.15. The SMILES string of the molecule is COC(=O)C(O)CNC(=O)Nc1ccc(C#N)cc1. The van der Waals surface area contributed by atoms with Crippen molar-refractivity contribution in [3.63, 3.8) is 0 Å². The predicted octanol–water partition coefficient (Wildman–Crippen LogP) is 0.214. The molecule has 0 aliphatic heterocycles. The molecule has 0 saturated carbocycles. The van der Waals surface area contributed by atoms with Gasteiger partial charge < -0.3 is 20.5 Å². The zero-order chi connectivity index (χ0) is 14.3. The monoisotopic (exact) mass is 263 g/mol. The molecular formula is C12H13N3O4. The number of amides is 2. The van der Waals surface area contributed by atoms with E-state index >= 15 is 0 Å². The number of hydrogen-bond acceptors (Lipinski definition) is 5. The van der Waals surface area contributed by atoms with Gasteiger partial charge in [0.2, 0.25) is 0 Å². The minimum absolute atomic E-state index is 0.255. The largest absolute Gasteiger partial charge is 0.467 e. The number of hydrogen-bond donors (Lipinski definition) is 3. The molecule has 0 aliphatic carbocycles. The molecule has 3 N–H and O–H groups in total. The van der Waals surface area contributed by atoms with Crippen molar-refractivity contribution < 1.29 is 19.4 Å². The Morgan fingerprint density at radius 1 is 1.42 bits per heavy atom. The summed E-state index contributed by atoms with van der Waals surface area (Å²) in [7, 11) is 1.14. The number of carbonyl (C=O) groups excluding carboxylic acids is 2. The van der Waals surface area contributed by atoms with Crippen molar-refractivity contribution in [2.24, 2.45) is 0 Å². The Labute approximate surface area is 109 Å². The zero-order valence-electron chi connectivity index (χ0n) is 10.2. The highest BCUT2D eigenvalue weighted by Crippen LogP contribution is 2.08. The molecule has 0 aliphatic rings. The molecule has 0 fully saturated rings. The summed E-state index contributed by atoms with van der Waals surface area (Å²) in [5.74, 6) is -0.821. The van der Waals surface area contributed by atoms with E-state index < -0.39 is 18.1 Å². The van der Waals surface area contributed by atoms with E-state index in [0.717, 1.165) is 7.11 Å². The first-order chi connectivity index (χ1) is 9.06. The normalized spacial score (nSPS) is 11.0. The van der Waals surface area contributed by atoms with Crippen LogP contribution in [0.2, 0.25) is 0 Å². The average molecular weight is 263 g/mol. The van der Waals surface area contributed by atoms with Gasteiger partial charge in [0.25, 0.3) is 0 Å². The zero-order valence-corrected chi connectivity index (χ0v) is 10.2. The molecule has 0 aromatic heterocycles. The van der Waals surface area contributed by atoms with Gasteiger partial charge in [-0.3, -0.25) is 0 Å². The van der Waals surface area contributed by atoms with E-state index in [4.69, 9.17) is 5.26 Å². The van der Waals surface area contributed by atoms with Crippen molar-refractivity contribution in [1.29, 1.82) is 5.26 Å². The molecule has 1 aromatic rings. The van der Waals surface area contributed by atoms with Crippen LogP contribution < -0.4 is 10.6 Å². The number of aliphatic hydroxyl groups excluding tert-OH is 1. The quantitative estimate of drug-likeness (QED) is 0.672. The number of benzene rings is 1. The average Bonchev–Trinajstić information content (AvgIpc) is 2.44. The topological polar surface area (TPSA) is 111 Å². The molecule has 1 rings (SSSR count). The van der Waals surface area contributed by atoms with Gasteiger partial charge >= 0.3 is 12.0 Å². The number of ether oxygens (including phenoxy) is 1. The molecule has 0 heterocycles. The number of aliphatic hydroxyl groups is 1. The van der Waals surface area contributed by atoms with Crippen LogP contribution in [0.25, 0.3) is 0 Å². The Morgan fingerprint density at radius 3 is 2.58 bits per heavy atom. The maximum atomic E-state index is 11.4. The first kappa shape index (κ1) is 14.5. The molecule has 1 aromatic carbocycles. The highest BCUT2D eigenvalue weighted by atomic mass is 16.5. The van der Waals surface area contributed by atoms with Gasteiger partial charge in [-0.2, -0.15) is 5.26 Å². The molecule has 1 atom stereocenters. The van der Waals surface area contributed by atoms with Gasteiger partial charge in [-0.05, 0) is 24.3 Å². The maximum Gasteiger partial charge on any atom is 0.336 e. The Balaban J connectivity index is 2.43. The van der Waals surface area contributed by atoms with Crippen molar-refractivity contribution in [2.45, 2.75) is 6.10 Å². The fraction of sp³-hybridized carbons (Fsp3) is 0.250. The second kappa shape index (κ2) is 6.98. The lowest BCUT2D eigenvalue weighted by Gasteiger charge is -2.10. The Bertz CT molecular complexity index is 493. The van der Waals surface area contributed by atoms with Gasteiger partial charge in [-0.25, -0.2) is 9.59 Å². The number of nitrogens with one attached hydrogen (secondary N) is 2. The van der Waals surface area contributed by atoms with E-state index in [0.29, 0.717) is 11.3 Å². The lowest BCUT2D eigenvalue weighted by Crippen LogP contribution is -2.39. The Hall–Kier alpha value is -2.59. The van der Waals surface area contributed by atoms with Gasteiger partial charge in [-0.15, -0.1) is 0 Å². The Morgan fingerprint density at radius 2 is 2.05 bits per heavy atom. The fourth-order valence-electron chi connectivity index (χ4n) is 1.21. The second-order valence-electron chi connectivity index (χ2n) is 3.56. The third-order valence-electron chi connectivity index (χ3n) is 2.20. The molecular weight excluding hydrogens is 250 g/mol. The number of methoxy groups -OCH3 is 1. The first-order valence-electron chi connectivity index (χ1n) is 5.37. The molecule has 7 nitrogen and oxygen atoms in total. The number of nitrogens with zero attached hydrogens (tertiary/aromatic N) is 1. The third kappa shape index (κ3) is 4.65. The van der Waals surface area contributed by atoms with E-state index in [1.54, 1.807) is 24.3 Å². The maximum absolute atomic E-state index is 11.4. The summed E-state index contributed by atoms with van der Waals surface area (Å²) in [6.07, 6.45) is -1.41. The lowest BCUT2D eigenvalue weighted by atomic mass is 10.2. The minimum atomic E-state index is -1.41. The van der Waals surface area contributed by atoms with Crippen LogP contribution in [-0.2, 0) is 9.53 Å². The molecule has 0 radical (unpaired) electrons. The molecule has 0 bridgehead atoms. The van der Waals surface area contributed by atoms with E-state index in [1.165, 1.54) is 0 Å². The number of esters is 1. The number of rotatable bonds is 4. The van der Waals surface area contributed by atoms with Crippen molar-refractivity contribution in [3.05, 3.63) is 29.8 Å². The number of anilines is 1. The van der Waals surface area contributed by atoms with Crippen LogP contribution in [0.3, 0.4) is 0 Å². The van der Waals surface area contributed by atoms with Gasteiger partial charge in [0.05, 0.1) is 25.3 Å². The summed E-state index contributed by atoms with van der Waals surface area (Å²) in [5.41, 5.74) is 0.969. The highest BCUT2D eigenvalue weighted by molar-refractivity contribution is 5.89. The molecule has 19 heavy (non-hydrogen) atoms. The molecule has 0 saturated heterocycles. The smallest absolute Gasteiger partial charge is 0.336 e. The van der Waals surface area contributed by atoms with Gasteiger partial charge in [0, 0.05) is 5.69 Å². The van der Waals surface area contributed by atoms with Crippen LogP contribution in [0.1, 0.15) is 5.56 Å². The molecule has 2 amide bonds. The van der Waals surface area contributed by atoms with E-state index in [1.807, 2.05) is 6.07 Å². The summed E-state index contributed by atoms with van der Waals surface area (Å²) >= 11 is 0. The van der Waals surface area contributed by atoms with Gasteiger partial charge in [-0.1, -0.05) is 0 Å². The standard InChI is InChI=1S/C12H13N3O4/c1-19-11(17)10(16)7-14-12(18)15-9-4-2-8(6-13)3-5-9/h2-5,10,16H,7H2,1H3,(H2,14,15,18). The summed E-state index contributed by atoms with van der Waals surface area (Å²) in [6, 6.07) is 7.62. The first-order valence-corrected chi connectivity index (χ1v) is 5.37. The second-order valence-corrected chi connectivity index (χ2v) is 3.56. The minimum Gasteiger partial charge on any atom is -0.467 e. The van der Waals surface area contributed by atoms with Crippen molar-refractivity contribution in [3.8, 4) is 6.07 Å². The number of urea groups is 1. The number of nitriles is 1. The van der Waals surface area contributed by atoms with Crippen LogP contribution in [0.5, 0.6) is 0 Å². The van der Waals surface area contributed by atoms with E-state index in [9.17, 15) is 14.7 Å². The third-order valence-corrected chi connectivity index (χ3v) is 2.20. The van der Waals surface area contributed by atoms with Gasteiger partial charge in [0.1, 0.15) is 0 Å². The van der Waals surface area contributed by atoms with Crippen LogP contribution in [0.4, 0.5) is 10.5 Å². The molecule has 0 spiro atoms. The molecule has 1 unspecified atom stereocenters. The van der Waals surface area contributed by atoms with Gasteiger partial charge in [0.15, 0.2) is 6.10 Å². The van der Waals surface area contributed by atoms with Crippen LogP contribution >= 0.6 is 0 Å². The van der Waals surface area contributed by atoms with Crippen LogP contribution in [0.15, 0.2) is 24.3 Å². The van der Waals surface area contributed by atoms with Crippen molar-refractivity contribution >= 4 is 17.7 Å². The Kier molecular flexibility index (Phi) is 5.32. The summed E-state index contributed by atoms with van der Waals surface area (Å²) in [5, 5.41) is 22.6. The summed E-state index contributed by atoms with van der Waals surface area (Å²) in [6.45, 7) is -0.255. The van der Waals surface area contributed by atoms with Crippen LogP contribution in [0, 0.1) is 11.3 Å².